The third-order valence-corrected chi connectivity index (χ3v) is 6.41. The van der Waals surface area contributed by atoms with Crippen LogP contribution in [0, 0.1) is 0 Å². The quantitative estimate of drug-likeness (QED) is 0.591. The maximum absolute atomic E-state index is 13.0. The highest BCUT2D eigenvalue weighted by atomic mass is 16.2. The molecule has 3 N–H and O–H groups in total. The van der Waals surface area contributed by atoms with Crippen molar-refractivity contribution >= 4 is 17.7 Å². The number of hydrogen-bond donors (Lipinski definition) is 3. The average molecular weight is 422 g/mol. The molecule has 1 atom stereocenters. The van der Waals surface area contributed by atoms with Gasteiger partial charge < -0.3 is 15.5 Å². The summed E-state index contributed by atoms with van der Waals surface area (Å²) in [6.45, 7) is 3.53. The van der Waals surface area contributed by atoms with Gasteiger partial charge in [0.2, 0.25) is 11.8 Å². The summed E-state index contributed by atoms with van der Waals surface area (Å²) in [5.74, 6) is -0.799. The zero-order valence-corrected chi connectivity index (χ0v) is 17.5. The fourth-order valence-corrected chi connectivity index (χ4v) is 4.78. The van der Waals surface area contributed by atoms with Gasteiger partial charge in [-0.1, -0.05) is 12.1 Å². The summed E-state index contributed by atoms with van der Waals surface area (Å²) in [6.07, 6.45) is 1.63. The van der Waals surface area contributed by atoms with Gasteiger partial charge >= 0.3 is 0 Å². The highest BCUT2D eigenvalue weighted by Gasteiger charge is 2.39. The van der Waals surface area contributed by atoms with Crippen LogP contribution in [0.3, 0.4) is 0 Å². The third kappa shape index (κ3) is 3.64. The van der Waals surface area contributed by atoms with Crippen molar-refractivity contribution in [1.29, 1.82) is 0 Å². The van der Waals surface area contributed by atoms with Gasteiger partial charge in [-0.25, -0.2) is 0 Å². The Morgan fingerprint density at radius 3 is 2.90 bits per heavy atom. The van der Waals surface area contributed by atoms with Gasteiger partial charge in [0.25, 0.3) is 5.91 Å². The molecule has 1 aromatic heterocycles. The van der Waals surface area contributed by atoms with Crippen molar-refractivity contribution in [3.8, 4) is 0 Å². The molecule has 162 valence electrons. The van der Waals surface area contributed by atoms with E-state index in [1.165, 1.54) is 11.3 Å². The van der Waals surface area contributed by atoms with Gasteiger partial charge in [0.15, 0.2) is 0 Å². The SMILES string of the molecule is Cn1nc(CNCc2ccc3c(c2)C(=O)N(C2CCC(=O)NC2=O)C3)c2c1CCNC2. The van der Waals surface area contributed by atoms with E-state index in [0.29, 0.717) is 31.6 Å². The van der Waals surface area contributed by atoms with Crippen LogP contribution < -0.4 is 16.0 Å². The van der Waals surface area contributed by atoms with Crippen molar-refractivity contribution in [3.05, 3.63) is 51.8 Å². The fraction of sp³-hybridized carbons (Fsp3) is 0.455. The highest BCUT2D eigenvalue weighted by Crippen LogP contribution is 2.28. The predicted molar refractivity (Wildman–Crippen MR) is 112 cm³/mol. The Labute approximate surface area is 180 Å². The Morgan fingerprint density at radius 1 is 1.19 bits per heavy atom. The van der Waals surface area contributed by atoms with Crippen molar-refractivity contribution in [2.75, 3.05) is 6.54 Å². The summed E-state index contributed by atoms with van der Waals surface area (Å²) < 4.78 is 1.98. The number of amides is 3. The lowest BCUT2D eigenvalue weighted by Gasteiger charge is -2.29. The van der Waals surface area contributed by atoms with E-state index in [4.69, 9.17) is 0 Å². The van der Waals surface area contributed by atoms with Crippen LogP contribution in [0.1, 0.15) is 51.3 Å². The molecule has 3 amide bonds. The fourth-order valence-electron chi connectivity index (χ4n) is 4.78. The molecule has 3 aliphatic heterocycles. The first-order valence-electron chi connectivity index (χ1n) is 10.7. The van der Waals surface area contributed by atoms with Crippen molar-refractivity contribution in [2.24, 2.45) is 7.05 Å². The molecule has 5 rings (SSSR count). The smallest absolute Gasteiger partial charge is 0.255 e. The lowest BCUT2D eigenvalue weighted by atomic mass is 10.0. The van der Waals surface area contributed by atoms with Gasteiger partial charge in [-0.2, -0.15) is 5.10 Å². The van der Waals surface area contributed by atoms with Crippen LogP contribution in [-0.4, -0.2) is 45.0 Å². The maximum Gasteiger partial charge on any atom is 0.255 e. The standard InChI is InChI=1S/C22H26N6O3/c1-27-18-6-7-23-10-16(18)17(26-27)11-24-9-13-2-3-14-12-28(22(31)15(14)8-13)19-4-5-20(29)25-21(19)30/h2-3,8,19,23-24H,4-7,9-12H2,1H3,(H,25,29,30). The summed E-state index contributed by atoms with van der Waals surface area (Å²) in [4.78, 5) is 38.1. The zero-order valence-electron chi connectivity index (χ0n) is 17.5. The lowest BCUT2D eigenvalue weighted by Crippen LogP contribution is -2.52. The van der Waals surface area contributed by atoms with Crippen LogP contribution in [0.4, 0.5) is 0 Å². The predicted octanol–water partition coefficient (Wildman–Crippen LogP) is 0.117. The normalized spacial score (nSPS) is 20.6. The van der Waals surface area contributed by atoms with Crippen LogP contribution in [0.5, 0.6) is 0 Å². The average Bonchev–Trinajstić information content (AvgIpc) is 3.25. The van der Waals surface area contributed by atoms with E-state index in [9.17, 15) is 14.4 Å². The molecule has 0 saturated carbocycles. The van der Waals surface area contributed by atoms with E-state index in [-0.39, 0.29) is 24.1 Å². The van der Waals surface area contributed by atoms with Crippen molar-refractivity contribution in [1.82, 2.24) is 30.6 Å². The summed E-state index contributed by atoms with van der Waals surface area (Å²) in [5.41, 5.74) is 6.22. The number of aryl methyl sites for hydroxylation is 1. The van der Waals surface area contributed by atoms with Crippen molar-refractivity contribution in [2.45, 2.75) is 51.5 Å². The number of hydrogen-bond acceptors (Lipinski definition) is 6. The number of piperidine rings is 1. The molecule has 0 spiro atoms. The summed E-state index contributed by atoms with van der Waals surface area (Å²) >= 11 is 0. The second-order valence-electron chi connectivity index (χ2n) is 8.42. The van der Waals surface area contributed by atoms with Crippen LogP contribution in [-0.2, 0) is 49.2 Å². The van der Waals surface area contributed by atoms with E-state index >= 15 is 0 Å². The molecule has 3 aliphatic rings. The number of nitrogens with zero attached hydrogens (tertiary/aromatic N) is 3. The number of benzene rings is 1. The Bertz CT molecular complexity index is 1080. The number of carbonyl (C=O) groups is 3. The largest absolute Gasteiger partial charge is 0.322 e. The first-order chi connectivity index (χ1) is 15.0. The van der Waals surface area contributed by atoms with Gasteiger partial charge in [0.05, 0.1) is 5.69 Å². The molecule has 1 aromatic carbocycles. The number of rotatable bonds is 5. The molecule has 1 fully saturated rings. The Morgan fingerprint density at radius 2 is 2.06 bits per heavy atom. The Balaban J connectivity index is 1.24. The van der Waals surface area contributed by atoms with E-state index in [1.54, 1.807) is 4.90 Å². The van der Waals surface area contributed by atoms with Crippen LogP contribution in [0.15, 0.2) is 18.2 Å². The van der Waals surface area contributed by atoms with E-state index in [2.05, 4.69) is 21.0 Å². The monoisotopic (exact) mass is 422 g/mol. The van der Waals surface area contributed by atoms with E-state index in [1.807, 2.05) is 29.9 Å². The lowest BCUT2D eigenvalue weighted by molar-refractivity contribution is -0.136. The Kier molecular flexibility index (Phi) is 5.07. The van der Waals surface area contributed by atoms with E-state index < -0.39 is 6.04 Å². The Hall–Kier alpha value is -3.04. The molecule has 4 heterocycles. The first-order valence-corrected chi connectivity index (χ1v) is 10.7. The molecule has 9 nitrogen and oxygen atoms in total. The number of aromatic nitrogens is 2. The number of imide groups is 1. The van der Waals surface area contributed by atoms with E-state index in [0.717, 1.165) is 36.3 Å². The minimum Gasteiger partial charge on any atom is -0.322 e. The molecule has 2 aromatic rings. The minimum atomic E-state index is -0.580. The first kappa shape index (κ1) is 19.9. The van der Waals surface area contributed by atoms with Gasteiger partial charge in [-0.15, -0.1) is 0 Å². The van der Waals surface area contributed by atoms with Crippen LogP contribution >= 0.6 is 0 Å². The second-order valence-corrected chi connectivity index (χ2v) is 8.42. The minimum absolute atomic E-state index is 0.142. The molecular formula is C22H26N6O3. The van der Waals surface area contributed by atoms with Crippen molar-refractivity contribution < 1.29 is 14.4 Å². The molecule has 0 bridgehead atoms. The summed E-state index contributed by atoms with van der Waals surface area (Å²) in [7, 11) is 1.99. The molecule has 1 saturated heterocycles. The number of carbonyl (C=O) groups excluding carboxylic acids is 3. The van der Waals surface area contributed by atoms with Crippen LogP contribution in [0.25, 0.3) is 0 Å². The zero-order chi connectivity index (χ0) is 21.5. The highest BCUT2D eigenvalue weighted by molar-refractivity contribution is 6.05. The third-order valence-electron chi connectivity index (χ3n) is 6.41. The molecule has 9 heteroatoms. The molecular weight excluding hydrogens is 396 g/mol. The molecule has 0 aliphatic carbocycles. The maximum atomic E-state index is 13.0. The summed E-state index contributed by atoms with van der Waals surface area (Å²) in [6, 6.07) is 5.31. The second kappa shape index (κ2) is 7.90. The van der Waals surface area contributed by atoms with Gasteiger partial charge in [-0.05, 0) is 23.6 Å². The molecule has 1 unspecified atom stereocenters. The topological polar surface area (TPSA) is 108 Å². The van der Waals surface area contributed by atoms with Gasteiger partial charge in [0.1, 0.15) is 6.04 Å². The number of fused-ring (bicyclic) bond motifs is 2. The summed E-state index contributed by atoms with van der Waals surface area (Å²) in [5, 5.41) is 13.8. The van der Waals surface area contributed by atoms with Crippen molar-refractivity contribution in [3.63, 3.8) is 0 Å². The van der Waals surface area contributed by atoms with Gasteiger partial charge in [0, 0.05) is 69.4 Å². The molecule has 31 heavy (non-hydrogen) atoms. The van der Waals surface area contributed by atoms with Crippen LogP contribution in [0.2, 0.25) is 0 Å². The molecule has 0 radical (unpaired) electrons. The number of nitrogens with one attached hydrogen (secondary N) is 3. The van der Waals surface area contributed by atoms with Gasteiger partial charge in [-0.3, -0.25) is 24.4 Å².